The Kier molecular flexibility index (Phi) is 5.36. The summed E-state index contributed by atoms with van der Waals surface area (Å²) in [5.41, 5.74) is 5.41. The smallest absolute Gasteiger partial charge is 0.220 e. The van der Waals surface area contributed by atoms with Crippen LogP contribution in [0.1, 0.15) is 24.6 Å². The second kappa shape index (κ2) is 6.58. The van der Waals surface area contributed by atoms with E-state index in [0.29, 0.717) is 13.0 Å². The fourth-order valence-corrected chi connectivity index (χ4v) is 2.04. The number of nitrogens with two attached hydrogens (primary N) is 1. The zero-order valence-corrected chi connectivity index (χ0v) is 9.85. The summed E-state index contributed by atoms with van der Waals surface area (Å²) in [7, 11) is 0. The minimum atomic E-state index is 0.0826. The van der Waals surface area contributed by atoms with E-state index in [1.54, 1.807) is 11.3 Å². The van der Waals surface area contributed by atoms with Crippen molar-refractivity contribution in [3.8, 4) is 0 Å². The molecule has 1 atom stereocenters. The molecule has 0 saturated carbocycles. The van der Waals surface area contributed by atoms with Crippen molar-refractivity contribution >= 4 is 17.2 Å². The monoisotopic (exact) mass is 226 g/mol. The third kappa shape index (κ3) is 4.95. The van der Waals surface area contributed by atoms with E-state index < -0.39 is 0 Å². The first kappa shape index (κ1) is 12.2. The van der Waals surface area contributed by atoms with Crippen molar-refractivity contribution in [3.63, 3.8) is 0 Å². The molecule has 0 aromatic carbocycles. The number of carbonyl (C=O) groups excluding carboxylic acids is 1. The average Bonchev–Trinajstić information content (AvgIpc) is 2.70. The Bertz CT molecular complexity index is 285. The highest BCUT2D eigenvalue weighted by atomic mass is 32.1. The number of thiophene rings is 1. The maximum Gasteiger partial charge on any atom is 0.220 e. The van der Waals surface area contributed by atoms with Crippen molar-refractivity contribution in [3.05, 3.63) is 22.4 Å². The molecule has 84 valence electrons. The maximum atomic E-state index is 11.4. The third-order valence-corrected chi connectivity index (χ3v) is 3.10. The molecule has 1 aromatic heterocycles. The highest BCUT2D eigenvalue weighted by Gasteiger charge is 2.05. The van der Waals surface area contributed by atoms with Gasteiger partial charge in [-0.15, -0.1) is 11.3 Å². The van der Waals surface area contributed by atoms with Gasteiger partial charge in [-0.1, -0.05) is 6.07 Å². The van der Waals surface area contributed by atoms with Gasteiger partial charge in [-0.3, -0.25) is 4.79 Å². The average molecular weight is 226 g/mol. The van der Waals surface area contributed by atoms with E-state index in [1.165, 1.54) is 4.88 Å². The maximum absolute atomic E-state index is 11.4. The molecule has 1 amide bonds. The normalized spacial score (nSPS) is 12.4. The van der Waals surface area contributed by atoms with Gasteiger partial charge in [-0.25, -0.2) is 0 Å². The highest BCUT2D eigenvalue weighted by Crippen LogP contribution is 2.11. The van der Waals surface area contributed by atoms with Gasteiger partial charge in [0.2, 0.25) is 5.91 Å². The van der Waals surface area contributed by atoms with E-state index >= 15 is 0 Å². The Morgan fingerprint density at radius 1 is 1.67 bits per heavy atom. The van der Waals surface area contributed by atoms with E-state index in [4.69, 9.17) is 5.73 Å². The van der Waals surface area contributed by atoms with Crippen LogP contribution in [-0.2, 0) is 11.2 Å². The minimum Gasteiger partial charge on any atom is -0.352 e. The molecular formula is C11H18N2OS. The van der Waals surface area contributed by atoms with Crippen LogP contribution in [0.3, 0.4) is 0 Å². The summed E-state index contributed by atoms with van der Waals surface area (Å²) in [6.45, 7) is 2.41. The molecule has 0 unspecified atom stereocenters. The SMILES string of the molecule is C[C@@H](CN)NC(=O)CCCc1cccs1. The summed E-state index contributed by atoms with van der Waals surface area (Å²) in [6, 6.07) is 4.22. The van der Waals surface area contributed by atoms with Crippen LogP contribution in [0.4, 0.5) is 0 Å². The zero-order chi connectivity index (χ0) is 11.1. The molecule has 1 heterocycles. The first-order valence-electron chi connectivity index (χ1n) is 5.24. The molecule has 3 N–H and O–H groups in total. The molecule has 0 saturated heterocycles. The summed E-state index contributed by atoms with van der Waals surface area (Å²) in [5.74, 6) is 0.101. The van der Waals surface area contributed by atoms with Crippen LogP contribution in [0.5, 0.6) is 0 Å². The summed E-state index contributed by atoms with van der Waals surface area (Å²) < 4.78 is 0. The van der Waals surface area contributed by atoms with Crippen LogP contribution in [-0.4, -0.2) is 18.5 Å². The second-order valence-electron chi connectivity index (χ2n) is 3.64. The lowest BCUT2D eigenvalue weighted by molar-refractivity contribution is -0.121. The van der Waals surface area contributed by atoms with Crippen LogP contribution < -0.4 is 11.1 Å². The minimum absolute atomic E-state index is 0.0826. The largest absolute Gasteiger partial charge is 0.352 e. The van der Waals surface area contributed by atoms with E-state index in [0.717, 1.165) is 12.8 Å². The fourth-order valence-electron chi connectivity index (χ4n) is 1.28. The molecule has 15 heavy (non-hydrogen) atoms. The molecule has 0 aliphatic rings. The number of rotatable bonds is 6. The van der Waals surface area contributed by atoms with Gasteiger partial charge in [-0.05, 0) is 31.2 Å². The molecule has 0 radical (unpaired) electrons. The van der Waals surface area contributed by atoms with Gasteiger partial charge in [0.25, 0.3) is 0 Å². The van der Waals surface area contributed by atoms with Gasteiger partial charge in [0.1, 0.15) is 0 Å². The zero-order valence-electron chi connectivity index (χ0n) is 9.03. The van der Waals surface area contributed by atoms with Gasteiger partial charge in [0, 0.05) is 23.9 Å². The Morgan fingerprint density at radius 2 is 2.47 bits per heavy atom. The second-order valence-corrected chi connectivity index (χ2v) is 4.67. The van der Waals surface area contributed by atoms with Gasteiger partial charge >= 0.3 is 0 Å². The molecule has 1 aromatic rings. The Balaban J connectivity index is 2.12. The van der Waals surface area contributed by atoms with E-state index in [-0.39, 0.29) is 11.9 Å². The van der Waals surface area contributed by atoms with Gasteiger partial charge < -0.3 is 11.1 Å². The first-order chi connectivity index (χ1) is 7.22. The number of hydrogen-bond acceptors (Lipinski definition) is 3. The predicted octanol–water partition coefficient (Wildman–Crippen LogP) is 1.53. The van der Waals surface area contributed by atoms with Gasteiger partial charge in [0.15, 0.2) is 0 Å². The van der Waals surface area contributed by atoms with E-state index in [9.17, 15) is 4.79 Å². The standard InChI is InChI=1S/C11H18N2OS/c1-9(8-12)13-11(14)6-2-4-10-5-3-7-15-10/h3,5,7,9H,2,4,6,8,12H2,1H3,(H,13,14)/t9-/m0/s1. The molecule has 4 heteroatoms. The topological polar surface area (TPSA) is 55.1 Å². The number of nitrogens with one attached hydrogen (secondary N) is 1. The molecule has 0 spiro atoms. The van der Waals surface area contributed by atoms with Gasteiger partial charge in [0.05, 0.1) is 0 Å². The molecule has 0 aliphatic heterocycles. The molecular weight excluding hydrogens is 208 g/mol. The van der Waals surface area contributed by atoms with Crippen LogP contribution in [0.25, 0.3) is 0 Å². The van der Waals surface area contributed by atoms with Gasteiger partial charge in [-0.2, -0.15) is 0 Å². The third-order valence-electron chi connectivity index (χ3n) is 2.17. The van der Waals surface area contributed by atoms with Crippen molar-refractivity contribution in [2.24, 2.45) is 5.73 Å². The lowest BCUT2D eigenvalue weighted by Gasteiger charge is -2.10. The van der Waals surface area contributed by atoms with Crippen LogP contribution in [0.2, 0.25) is 0 Å². The van der Waals surface area contributed by atoms with E-state index in [1.807, 2.05) is 13.0 Å². The van der Waals surface area contributed by atoms with Crippen molar-refractivity contribution < 1.29 is 4.79 Å². The molecule has 1 rings (SSSR count). The number of aryl methyl sites for hydroxylation is 1. The first-order valence-corrected chi connectivity index (χ1v) is 6.12. The van der Waals surface area contributed by atoms with Crippen molar-refractivity contribution in [2.75, 3.05) is 6.54 Å². The van der Waals surface area contributed by atoms with Crippen molar-refractivity contribution in [1.82, 2.24) is 5.32 Å². The lowest BCUT2D eigenvalue weighted by Crippen LogP contribution is -2.37. The Morgan fingerprint density at radius 3 is 3.07 bits per heavy atom. The lowest BCUT2D eigenvalue weighted by atomic mass is 10.2. The summed E-state index contributed by atoms with van der Waals surface area (Å²) >= 11 is 1.74. The molecule has 3 nitrogen and oxygen atoms in total. The molecule has 0 aliphatic carbocycles. The van der Waals surface area contributed by atoms with Crippen molar-refractivity contribution in [2.45, 2.75) is 32.2 Å². The van der Waals surface area contributed by atoms with Crippen molar-refractivity contribution in [1.29, 1.82) is 0 Å². The number of amides is 1. The van der Waals surface area contributed by atoms with Crippen LogP contribution in [0.15, 0.2) is 17.5 Å². The van der Waals surface area contributed by atoms with Crippen LogP contribution >= 0.6 is 11.3 Å². The number of carbonyl (C=O) groups is 1. The quantitative estimate of drug-likeness (QED) is 0.773. The summed E-state index contributed by atoms with van der Waals surface area (Å²) in [4.78, 5) is 12.7. The summed E-state index contributed by atoms with van der Waals surface area (Å²) in [5, 5.41) is 4.91. The fraction of sp³-hybridized carbons (Fsp3) is 0.545. The molecule has 0 bridgehead atoms. The Hall–Kier alpha value is -0.870. The Labute approximate surface area is 94.7 Å². The predicted molar refractivity (Wildman–Crippen MR) is 63.9 cm³/mol. The number of hydrogen-bond donors (Lipinski definition) is 2. The van der Waals surface area contributed by atoms with E-state index in [2.05, 4.69) is 16.8 Å². The summed E-state index contributed by atoms with van der Waals surface area (Å²) in [6.07, 6.45) is 2.48. The molecule has 0 fully saturated rings. The highest BCUT2D eigenvalue weighted by molar-refractivity contribution is 7.09. The van der Waals surface area contributed by atoms with Crippen LogP contribution in [0, 0.1) is 0 Å².